The number of nitrogens with one attached hydrogen (secondary N) is 1. The molecule has 1 N–H and O–H groups in total. The molecule has 0 saturated heterocycles. The van der Waals surface area contributed by atoms with Gasteiger partial charge in [-0.2, -0.15) is 0 Å². The van der Waals surface area contributed by atoms with Crippen molar-refractivity contribution in [2.75, 3.05) is 6.61 Å². The fraction of sp³-hybridized carbons (Fsp3) is 1.00. The predicted molar refractivity (Wildman–Crippen MR) is 33.2 cm³/mol. The van der Waals surface area contributed by atoms with Gasteiger partial charge >= 0.3 is 0 Å². The molecule has 0 aromatic rings. The first-order valence-electron chi connectivity index (χ1n) is 3.20. The molecule has 49 valence electrons. The summed E-state index contributed by atoms with van der Waals surface area (Å²) in [6.45, 7) is 2.77. The smallest absolute Gasteiger partial charge is 0.0699 e. The van der Waals surface area contributed by atoms with Crippen molar-refractivity contribution in [2.24, 2.45) is 0 Å². The van der Waals surface area contributed by atoms with Crippen molar-refractivity contribution in [1.29, 1.82) is 0 Å². The molecule has 0 aliphatic rings. The van der Waals surface area contributed by atoms with Gasteiger partial charge in [-0.25, -0.2) is 0 Å². The SMILES string of the molecule is CCCCCCO[NH]. The Labute approximate surface area is 51.0 Å². The molecule has 2 heteroatoms. The van der Waals surface area contributed by atoms with Crippen LogP contribution in [0.2, 0.25) is 0 Å². The topological polar surface area (TPSA) is 33.0 Å². The zero-order chi connectivity index (χ0) is 6.24. The van der Waals surface area contributed by atoms with E-state index < -0.39 is 0 Å². The highest BCUT2D eigenvalue weighted by molar-refractivity contribution is 4.36. The number of rotatable bonds is 5. The molecule has 0 aliphatic heterocycles. The summed E-state index contributed by atoms with van der Waals surface area (Å²) in [6, 6.07) is 0. The Morgan fingerprint density at radius 3 is 2.50 bits per heavy atom. The molecule has 0 spiro atoms. The van der Waals surface area contributed by atoms with Gasteiger partial charge in [-0.05, 0) is 6.42 Å². The summed E-state index contributed by atoms with van der Waals surface area (Å²) in [7, 11) is 0. The van der Waals surface area contributed by atoms with E-state index in [-0.39, 0.29) is 0 Å². The van der Waals surface area contributed by atoms with Gasteiger partial charge in [0.15, 0.2) is 0 Å². The lowest BCUT2D eigenvalue weighted by Gasteiger charge is -1.93. The van der Waals surface area contributed by atoms with E-state index in [1.165, 1.54) is 19.3 Å². The lowest BCUT2D eigenvalue weighted by atomic mass is 10.2. The van der Waals surface area contributed by atoms with Gasteiger partial charge in [-0.3, -0.25) is 4.84 Å². The fourth-order valence-corrected chi connectivity index (χ4v) is 0.601. The summed E-state index contributed by atoms with van der Waals surface area (Å²) in [4.78, 5) is 4.14. The summed E-state index contributed by atoms with van der Waals surface area (Å²) >= 11 is 0. The largest absolute Gasteiger partial charge is 0.285 e. The van der Waals surface area contributed by atoms with Crippen LogP contribution in [0.1, 0.15) is 32.6 Å². The monoisotopic (exact) mass is 116 g/mol. The van der Waals surface area contributed by atoms with Crippen molar-refractivity contribution < 1.29 is 4.84 Å². The molecular formula is C6H14NO. The molecule has 0 bridgehead atoms. The molecular weight excluding hydrogens is 102 g/mol. The Morgan fingerprint density at radius 2 is 2.00 bits per heavy atom. The van der Waals surface area contributed by atoms with Crippen LogP contribution in [0.15, 0.2) is 0 Å². The maximum atomic E-state index is 6.34. The summed E-state index contributed by atoms with van der Waals surface area (Å²) in [5, 5.41) is 0. The molecule has 8 heavy (non-hydrogen) atoms. The van der Waals surface area contributed by atoms with E-state index in [0.717, 1.165) is 6.42 Å². The van der Waals surface area contributed by atoms with Crippen molar-refractivity contribution in [1.82, 2.24) is 5.90 Å². The van der Waals surface area contributed by atoms with Gasteiger partial charge in [0.25, 0.3) is 0 Å². The highest BCUT2D eigenvalue weighted by atomic mass is 16.6. The predicted octanol–water partition coefficient (Wildman–Crippen LogP) is 1.78. The quantitative estimate of drug-likeness (QED) is 0.398. The van der Waals surface area contributed by atoms with Gasteiger partial charge in [-0.15, -0.1) is 5.90 Å². The maximum Gasteiger partial charge on any atom is 0.0699 e. The molecule has 0 unspecified atom stereocenters. The molecule has 0 aromatic carbocycles. The van der Waals surface area contributed by atoms with E-state index in [0.29, 0.717) is 6.61 Å². The average Bonchev–Trinajstić information content (AvgIpc) is 1.81. The summed E-state index contributed by atoms with van der Waals surface area (Å²) in [5.74, 6) is 6.34. The Balaban J connectivity index is 2.53. The van der Waals surface area contributed by atoms with Gasteiger partial charge in [0.2, 0.25) is 0 Å². The molecule has 2 nitrogen and oxygen atoms in total. The van der Waals surface area contributed by atoms with Crippen molar-refractivity contribution in [2.45, 2.75) is 32.6 Å². The molecule has 0 aliphatic carbocycles. The van der Waals surface area contributed by atoms with E-state index in [4.69, 9.17) is 5.90 Å². The molecule has 0 aromatic heterocycles. The standard InChI is InChI=1S/C6H14NO/c1-2-3-4-5-6-8-7/h7H,2-6H2,1H3. The van der Waals surface area contributed by atoms with Crippen LogP contribution in [0, 0.1) is 0 Å². The second-order valence-electron chi connectivity index (χ2n) is 1.91. The summed E-state index contributed by atoms with van der Waals surface area (Å²) in [6.07, 6.45) is 4.76. The van der Waals surface area contributed by atoms with E-state index in [1.54, 1.807) is 0 Å². The Morgan fingerprint density at radius 1 is 1.25 bits per heavy atom. The third-order valence-electron chi connectivity index (χ3n) is 1.10. The lowest BCUT2D eigenvalue weighted by molar-refractivity contribution is 0.114. The van der Waals surface area contributed by atoms with E-state index in [9.17, 15) is 0 Å². The summed E-state index contributed by atoms with van der Waals surface area (Å²) in [5.41, 5.74) is 0. The zero-order valence-electron chi connectivity index (χ0n) is 5.44. The normalized spacial score (nSPS) is 9.75. The minimum atomic E-state index is 0.597. The van der Waals surface area contributed by atoms with Gasteiger partial charge in [0.05, 0.1) is 6.61 Å². The van der Waals surface area contributed by atoms with Crippen LogP contribution >= 0.6 is 0 Å². The Hall–Kier alpha value is -0.0800. The third kappa shape index (κ3) is 5.92. The van der Waals surface area contributed by atoms with Crippen LogP contribution < -0.4 is 5.90 Å². The van der Waals surface area contributed by atoms with Crippen LogP contribution in [-0.4, -0.2) is 6.61 Å². The first-order valence-corrected chi connectivity index (χ1v) is 3.20. The minimum Gasteiger partial charge on any atom is -0.285 e. The molecule has 0 saturated carbocycles. The van der Waals surface area contributed by atoms with Crippen LogP contribution in [0.25, 0.3) is 0 Å². The molecule has 0 atom stereocenters. The molecule has 0 fully saturated rings. The number of unbranched alkanes of at least 4 members (excludes halogenated alkanes) is 3. The van der Waals surface area contributed by atoms with Crippen LogP contribution in [0.5, 0.6) is 0 Å². The minimum absolute atomic E-state index is 0.597. The highest BCUT2D eigenvalue weighted by Crippen LogP contribution is 1.97. The first kappa shape index (κ1) is 7.92. The van der Waals surface area contributed by atoms with E-state index in [2.05, 4.69) is 11.8 Å². The van der Waals surface area contributed by atoms with Crippen molar-refractivity contribution in [3.8, 4) is 0 Å². The zero-order valence-corrected chi connectivity index (χ0v) is 5.44. The van der Waals surface area contributed by atoms with Crippen molar-refractivity contribution >= 4 is 0 Å². The third-order valence-corrected chi connectivity index (χ3v) is 1.10. The molecule has 1 radical (unpaired) electrons. The van der Waals surface area contributed by atoms with Crippen molar-refractivity contribution in [3.05, 3.63) is 0 Å². The molecule has 0 rings (SSSR count). The van der Waals surface area contributed by atoms with Gasteiger partial charge < -0.3 is 0 Å². The highest BCUT2D eigenvalue weighted by Gasteiger charge is 1.84. The van der Waals surface area contributed by atoms with E-state index >= 15 is 0 Å². The first-order chi connectivity index (χ1) is 3.91. The Bertz CT molecular complexity index is 33.5. The van der Waals surface area contributed by atoms with Crippen LogP contribution in [0.3, 0.4) is 0 Å². The fourth-order valence-electron chi connectivity index (χ4n) is 0.601. The summed E-state index contributed by atoms with van der Waals surface area (Å²) < 4.78 is 0. The molecule has 0 heterocycles. The average molecular weight is 116 g/mol. The number of hydrogen-bond donors (Lipinski definition) is 0. The van der Waals surface area contributed by atoms with Gasteiger partial charge in [0.1, 0.15) is 0 Å². The maximum absolute atomic E-state index is 6.34. The van der Waals surface area contributed by atoms with Crippen LogP contribution in [0.4, 0.5) is 0 Å². The molecule has 0 amide bonds. The lowest BCUT2D eigenvalue weighted by Crippen LogP contribution is -1.89. The van der Waals surface area contributed by atoms with Gasteiger partial charge in [-0.1, -0.05) is 26.2 Å². The number of hydrogen-bond acceptors (Lipinski definition) is 1. The van der Waals surface area contributed by atoms with Crippen LogP contribution in [-0.2, 0) is 4.84 Å². The van der Waals surface area contributed by atoms with Gasteiger partial charge in [0, 0.05) is 0 Å². The van der Waals surface area contributed by atoms with Crippen molar-refractivity contribution in [3.63, 3.8) is 0 Å². The second-order valence-corrected chi connectivity index (χ2v) is 1.91. The Kier molecular flexibility index (Phi) is 6.85. The second kappa shape index (κ2) is 6.92. The van der Waals surface area contributed by atoms with E-state index in [1.807, 2.05) is 0 Å².